The maximum atomic E-state index is 12.3. The third-order valence-electron chi connectivity index (χ3n) is 4.33. The van der Waals surface area contributed by atoms with E-state index in [0.29, 0.717) is 26.3 Å². The van der Waals surface area contributed by atoms with Crippen LogP contribution in [0.3, 0.4) is 0 Å². The predicted molar refractivity (Wildman–Crippen MR) is 65.9 cm³/mol. The zero-order valence-corrected chi connectivity index (χ0v) is 10.6. The number of ether oxygens (including phenoxy) is 1. The molecule has 0 aromatic rings. The minimum Gasteiger partial charge on any atom is -0.481 e. The molecule has 4 unspecified atom stereocenters. The van der Waals surface area contributed by atoms with Gasteiger partial charge in [-0.15, -0.1) is 0 Å². The van der Waals surface area contributed by atoms with Crippen molar-refractivity contribution in [2.24, 2.45) is 23.7 Å². The van der Waals surface area contributed by atoms with Gasteiger partial charge in [-0.05, 0) is 18.3 Å². The molecule has 1 heterocycles. The van der Waals surface area contributed by atoms with E-state index in [1.54, 1.807) is 0 Å². The SMILES string of the molecule is O=C(O)C1C2C=CC(C2)C1C(=O)NN1CCOCC1. The lowest BCUT2D eigenvalue weighted by atomic mass is 9.82. The second-order valence-corrected chi connectivity index (χ2v) is 5.41. The van der Waals surface area contributed by atoms with Crippen LogP contribution in [-0.2, 0) is 14.3 Å². The van der Waals surface area contributed by atoms with Crippen LogP contribution in [0.25, 0.3) is 0 Å². The Morgan fingerprint density at radius 1 is 1.16 bits per heavy atom. The van der Waals surface area contributed by atoms with Crippen molar-refractivity contribution in [1.29, 1.82) is 0 Å². The van der Waals surface area contributed by atoms with Gasteiger partial charge in [0.25, 0.3) is 0 Å². The van der Waals surface area contributed by atoms with Crippen LogP contribution in [-0.4, -0.2) is 48.3 Å². The molecule has 1 aliphatic heterocycles. The van der Waals surface area contributed by atoms with E-state index >= 15 is 0 Å². The first kappa shape index (κ1) is 12.6. The quantitative estimate of drug-likeness (QED) is 0.696. The number of hydrogen-bond donors (Lipinski definition) is 2. The molecular formula is C13H18N2O4. The average molecular weight is 266 g/mol. The fourth-order valence-corrected chi connectivity index (χ4v) is 3.42. The molecule has 3 aliphatic rings. The molecule has 2 fully saturated rings. The number of fused-ring (bicyclic) bond motifs is 2. The Morgan fingerprint density at radius 3 is 2.42 bits per heavy atom. The number of carboxylic acids is 1. The third-order valence-corrected chi connectivity index (χ3v) is 4.33. The molecule has 0 aromatic carbocycles. The second-order valence-electron chi connectivity index (χ2n) is 5.41. The van der Waals surface area contributed by atoms with Crippen molar-refractivity contribution >= 4 is 11.9 Å². The van der Waals surface area contributed by atoms with Crippen LogP contribution in [0.2, 0.25) is 0 Å². The van der Waals surface area contributed by atoms with Gasteiger partial charge >= 0.3 is 5.97 Å². The number of allylic oxidation sites excluding steroid dienone is 2. The number of hydrazine groups is 1. The highest BCUT2D eigenvalue weighted by Gasteiger charge is 2.51. The summed E-state index contributed by atoms with van der Waals surface area (Å²) in [5.74, 6) is -1.94. The molecule has 0 spiro atoms. The summed E-state index contributed by atoms with van der Waals surface area (Å²) in [4.78, 5) is 23.7. The number of rotatable bonds is 3. The first-order valence-electron chi connectivity index (χ1n) is 6.71. The highest BCUT2D eigenvalue weighted by atomic mass is 16.5. The summed E-state index contributed by atoms with van der Waals surface area (Å²) >= 11 is 0. The van der Waals surface area contributed by atoms with Crippen molar-refractivity contribution < 1.29 is 19.4 Å². The summed E-state index contributed by atoms with van der Waals surface area (Å²) in [6.07, 6.45) is 4.73. The Kier molecular flexibility index (Phi) is 3.28. The number of nitrogens with zero attached hydrogens (tertiary/aromatic N) is 1. The Morgan fingerprint density at radius 2 is 1.79 bits per heavy atom. The molecule has 1 saturated carbocycles. The molecular weight excluding hydrogens is 248 g/mol. The fraction of sp³-hybridized carbons (Fsp3) is 0.692. The van der Waals surface area contributed by atoms with Crippen molar-refractivity contribution in [3.05, 3.63) is 12.2 Å². The lowest BCUT2D eigenvalue weighted by Gasteiger charge is -2.30. The van der Waals surface area contributed by atoms with Gasteiger partial charge in [-0.2, -0.15) is 0 Å². The maximum absolute atomic E-state index is 12.3. The van der Waals surface area contributed by atoms with Gasteiger partial charge < -0.3 is 9.84 Å². The largest absolute Gasteiger partial charge is 0.481 e. The number of morpholine rings is 1. The van der Waals surface area contributed by atoms with Crippen molar-refractivity contribution in [2.75, 3.05) is 26.3 Å². The summed E-state index contributed by atoms with van der Waals surface area (Å²) in [5.41, 5.74) is 2.85. The first-order valence-corrected chi connectivity index (χ1v) is 6.71. The van der Waals surface area contributed by atoms with Crippen molar-refractivity contribution in [2.45, 2.75) is 6.42 Å². The van der Waals surface area contributed by atoms with Gasteiger partial charge in [0, 0.05) is 13.1 Å². The minimum absolute atomic E-state index is 0.0166. The van der Waals surface area contributed by atoms with Gasteiger partial charge in [0.15, 0.2) is 0 Å². The lowest BCUT2D eigenvalue weighted by molar-refractivity contribution is -0.149. The fourth-order valence-electron chi connectivity index (χ4n) is 3.42. The molecule has 2 aliphatic carbocycles. The zero-order valence-electron chi connectivity index (χ0n) is 10.6. The maximum Gasteiger partial charge on any atom is 0.307 e. The zero-order chi connectivity index (χ0) is 13.4. The van der Waals surface area contributed by atoms with E-state index in [9.17, 15) is 14.7 Å². The van der Waals surface area contributed by atoms with Crippen molar-refractivity contribution in [3.8, 4) is 0 Å². The van der Waals surface area contributed by atoms with Gasteiger partial charge in [0.2, 0.25) is 5.91 Å². The van der Waals surface area contributed by atoms with Gasteiger partial charge in [-0.1, -0.05) is 12.2 Å². The molecule has 3 rings (SSSR count). The van der Waals surface area contributed by atoms with E-state index in [4.69, 9.17) is 4.74 Å². The number of carbonyl (C=O) groups excluding carboxylic acids is 1. The predicted octanol–water partition coefficient (Wildman–Crippen LogP) is -0.127. The van der Waals surface area contributed by atoms with Crippen LogP contribution in [0.15, 0.2) is 12.2 Å². The molecule has 0 aromatic heterocycles. The van der Waals surface area contributed by atoms with Crippen molar-refractivity contribution in [3.63, 3.8) is 0 Å². The molecule has 0 radical (unpaired) electrons. The third kappa shape index (κ3) is 2.26. The number of carboxylic acid groups (broad SMARTS) is 1. The first-order chi connectivity index (χ1) is 9.16. The number of aliphatic carboxylic acids is 1. The molecule has 4 atom stereocenters. The molecule has 104 valence electrons. The van der Waals surface area contributed by atoms with Crippen LogP contribution in [0.1, 0.15) is 6.42 Å². The topological polar surface area (TPSA) is 78.9 Å². The molecule has 19 heavy (non-hydrogen) atoms. The number of amides is 1. The summed E-state index contributed by atoms with van der Waals surface area (Å²) in [6, 6.07) is 0. The van der Waals surface area contributed by atoms with E-state index < -0.39 is 17.8 Å². The molecule has 6 heteroatoms. The van der Waals surface area contributed by atoms with Crippen LogP contribution < -0.4 is 5.43 Å². The van der Waals surface area contributed by atoms with Gasteiger partial charge in [-0.3, -0.25) is 15.0 Å². The highest BCUT2D eigenvalue weighted by Crippen LogP contribution is 2.48. The Hall–Kier alpha value is -1.40. The number of carbonyl (C=O) groups is 2. The summed E-state index contributed by atoms with van der Waals surface area (Å²) < 4.78 is 5.22. The number of hydrogen-bond acceptors (Lipinski definition) is 4. The molecule has 2 N–H and O–H groups in total. The minimum atomic E-state index is -0.862. The summed E-state index contributed by atoms with van der Waals surface area (Å²) in [5, 5.41) is 11.1. The van der Waals surface area contributed by atoms with E-state index in [-0.39, 0.29) is 17.7 Å². The highest BCUT2D eigenvalue weighted by molar-refractivity contribution is 5.86. The monoisotopic (exact) mass is 266 g/mol. The van der Waals surface area contributed by atoms with Crippen LogP contribution in [0, 0.1) is 23.7 Å². The molecule has 2 bridgehead atoms. The smallest absolute Gasteiger partial charge is 0.307 e. The normalized spacial score (nSPS) is 37.5. The van der Waals surface area contributed by atoms with Crippen LogP contribution in [0.4, 0.5) is 0 Å². The van der Waals surface area contributed by atoms with Crippen LogP contribution >= 0.6 is 0 Å². The second kappa shape index (κ2) is 4.94. The standard InChI is InChI=1S/C13H18N2O4/c16-12(14-15-3-5-19-6-4-15)10-8-1-2-9(7-8)11(10)13(17)18/h1-2,8-11H,3-7H2,(H,14,16)(H,17,18). The Labute approximate surface area is 111 Å². The van der Waals surface area contributed by atoms with Crippen LogP contribution in [0.5, 0.6) is 0 Å². The van der Waals surface area contributed by atoms with Gasteiger partial charge in [-0.25, -0.2) is 5.01 Å². The van der Waals surface area contributed by atoms with Crippen molar-refractivity contribution in [1.82, 2.24) is 10.4 Å². The van der Waals surface area contributed by atoms with E-state index in [1.165, 1.54) is 0 Å². The molecule has 6 nitrogen and oxygen atoms in total. The van der Waals surface area contributed by atoms with Gasteiger partial charge in [0.1, 0.15) is 0 Å². The molecule has 1 amide bonds. The Balaban J connectivity index is 1.68. The summed E-state index contributed by atoms with van der Waals surface area (Å²) in [7, 11) is 0. The van der Waals surface area contributed by atoms with E-state index in [1.807, 2.05) is 17.2 Å². The average Bonchev–Trinajstić information content (AvgIpc) is 2.99. The molecule has 1 saturated heterocycles. The lowest BCUT2D eigenvalue weighted by Crippen LogP contribution is -2.52. The Bertz CT molecular complexity index is 417. The van der Waals surface area contributed by atoms with E-state index in [0.717, 1.165) is 6.42 Å². The van der Waals surface area contributed by atoms with E-state index in [2.05, 4.69) is 5.43 Å². The summed E-state index contributed by atoms with van der Waals surface area (Å²) in [6.45, 7) is 2.50. The van der Waals surface area contributed by atoms with Gasteiger partial charge in [0.05, 0.1) is 25.0 Å². The number of nitrogens with one attached hydrogen (secondary N) is 1.